The van der Waals surface area contributed by atoms with Gasteiger partial charge in [-0.05, 0) is 25.0 Å². The zero-order chi connectivity index (χ0) is 15.3. The molecule has 4 nitrogen and oxygen atoms in total. The molecule has 1 aromatic rings. The number of carbonyl (C=O) groups excluding carboxylic acids is 1. The molecular formula is C15H20F2N2O2. The third-order valence-corrected chi connectivity index (χ3v) is 4.04. The number of aliphatic hydroxyl groups excluding tert-OH is 1. The second kappa shape index (κ2) is 6.85. The number of benzene rings is 1. The Morgan fingerprint density at radius 3 is 2.38 bits per heavy atom. The van der Waals surface area contributed by atoms with Crippen LogP contribution in [0.3, 0.4) is 0 Å². The molecule has 1 fully saturated rings. The van der Waals surface area contributed by atoms with Gasteiger partial charge in [-0.25, -0.2) is 13.6 Å². The lowest BCUT2D eigenvalue weighted by molar-refractivity contribution is 0.230. The quantitative estimate of drug-likeness (QED) is 0.779. The number of urea groups is 1. The summed E-state index contributed by atoms with van der Waals surface area (Å²) in [6.07, 6.45) is 3.05. The van der Waals surface area contributed by atoms with Gasteiger partial charge in [-0.1, -0.05) is 18.9 Å². The topological polar surface area (TPSA) is 61.4 Å². The van der Waals surface area contributed by atoms with Gasteiger partial charge in [0, 0.05) is 24.1 Å². The number of nitrogens with one attached hydrogen (secondary N) is 2. The summed E-state index contributed by atoms with van der Waals surface area (Å²) in [7, 11) is 0. The summed E-state index contributed by atoms with van der Waals surface area (Å²) < 4.78 is 28.1. The van der Waals surface area contributed by atoms with Crippen LogP contribution in [0.2, 0.25) is 0 Å². The predicted octanol–water partition coefficient (Wildman–Crippen LogP) is 2.07. The van der Waals surface area contributed by atoms with Gasteiger partial charge in [0.2, 0.25) is 0 Å². The molecule has 0 radical (unpaired) electrons. The van der Waals surface area contributed by atoms with Crippen molar-refractivity contribution < 1.29 is 18.7 Å². The van der Waals surface area contributed by atoms with Gasteiger partial charge in [-0.2, -0.15) is 0 Å². The van der Waals surface area contributed by atoms with E-state index in [0.717, 1.165) is 12.8 Å². The van der Waals surface area contributed by atoms with Gasteiger partial charge in [0.1, 0.15) is 11.6 Å². The Morgan fingerprint density at radius 1 is 1.19 bits per heavy atom. The van der Waals surface area contributed by atoms with Gasteiger partial charge in [-0.15, -0.1) is 0 Å². The molecule has 1 aliphatic rings. The highest BCUT2D eigenvalue weighted by Crippen LogP contribution is 2.42. The second-order valence-electron chi connectivity index (χ2n) is 5.42. The van der Waals surface area contributed by atoms with E-state index < -0.39 is 23.1 Å². The fourth-order valence-corrected chi connectivity index (χ4v) is 3.05. The molecule has 116 valence electrons. The van der Waals surface area contributed by atoms with Crippen LogP contribution in [0.5, 0.6) is 0 Å². The van der Waals surface area contributed by atoms with Crippen LogP contribution in [0.25, 0.3) is 0 Å². The average Bonchev–Trinajstić information content (AvgIpc) is 2.92. The second-order valence-corrected chi connectivity index (χ2v) is 5.42. The molecule has 0 heterocycles. The third kappa shape index (κ3) is 3.50. The third-order valence-electron chi connectivity index (χ3n) is 4.04. The Kier molecular flexibility index (Phi) is 5.12. The van der Waals surface area contributed by atoms with Crippen LogP contribution < -0.4 is 10.6 Å². The number of carbonyl (C=O) groups is 1. The molecular weight excluding hydrogens is 278 g/mol. The van der Waals surface area contributed by atoms with Crippen molar-refractivity contribution >= 4 is 6.03 Å². The first-order chi connectivity index (χ1) is 10.1. The Bertz CT molecular complexity index is 482. The number of hydrogen-bond donors (Lipinski definition) is 3. The first-order valence-electron chi connectivity index (χ1n) is 7.16. The molecule has 0 aromatic heterocycles. The Hall–Kier alpha value is -1.69. The van der Waals surface area contributed by atoms with Gasteiger partial charge in [0.25, 0.3) is 0 Å². The van der Waals surface area contributed by atoms with E-state index in [9.17, 15) is 13.6 Å². The standard InChI is InChI=1S/C15H20F2N2O2/c16-11-4-3-5-12(17)13(11)15(6-1-2-7-15)10-19-14(21)18-8-9-20/h3-5,20H,1-2,6-10H2,(H2,18,19,21). The largest absolute Gasteiger partial charge is 0.395 e. The number of halogens is 2. The highest BCUT2D eigenvalue weighted by Gasteiger charge is 2.40. The van der Waals surface area contributed by atoms with E-state index in [-0.39, 0.29) is 25.3 Å². The zero-order valence-corrected chi connectivity index (χ0v) is 11.8. The molecule has 0 aliphatic heterocycles. The molecule has 1 aromatic carbocycles. The Morgan fingerprint density at radius 2 is 1.81 bits per heavy atom. The molecule has 0 atom stereocenters. The van der Waals surface area contributed by atoms with E-state index in [1.165, 1.54) is 18.2 Å². The molecule has 0 unspecified atom stereocenters. The maximum Gasteiger partial charge on any atom is 0.314 e. The van der Waals surface area contributed by atoms with Crippen molar-refractivity contribution in [1.82, 2.24) is 10.6 Å². The SMILES string of the molecule is O=C(NCCO)NCC1(c2c(F)cccc2F)CCCC1. The first-order valence-corrected chi connectivity index (χ1v) is 7.16. The van der Waals surface area contributed by atoms with E-state index in [0.29, 0.717) is 12.8 Å². The van der Waals surface area contributed by atoms with Gasteiger partial charge in [-0.3, -0.25) is 0 Å². The average molecular weight is 298 g/mol. The minimum atomic E-state index is -0.689. The van der Waals surface area contributed by atoms with Crippen LogP contribution >= 0.6 is 0 Å². The fraction of sp³-hybridized carbons (Fsp3) is 0.533. The normalized spacial score (nSPS) is 16.7. The van der Waals surface area contributed by atoms with E-state index in [4.69, 9.17) is 5.11 Å². The summed E-state index contributed by atoms with van der Waals surface area (Å²) >= 11 is 0. The lowest BCUT2D eigenvalue weighted by Gasteiger charge is -2.30. The van der Waals surface area contributed by atoms with Crippen LogP contribution in [0.1, 0.15) is 31.2 Å². The molecule has 1 saturated carbocycles. The van der Waals surface area contributed by atoms with Crippen molar-refractivity contribution in [3.05, 3.63) is 35.4 Å². The molecule has 0 bridgehead atoms. The van der Waals surface area contributed by atoms with Crippen molar-refractivity contribution in [2.24, 2.45) is 0 Å². The van der Waals surface area contributed by atoms with Crippen molar-refractivity contribution in [2.45, 2.75) is 31.1 Å². The Labute approximate surface area is 122 Å². The van der Waals surface area contributed by atoms with Gasteiger partial charge in [0.05, 0.1) is 6.61 Å². The van der Waals surface area contributed by atoms with Crippen molar-refractivity contribution in [3.63, 3.8) is 0 Å². The molecule has 0 saturated heterocycles. The number of aliphatic hydroxyl groups is 1. The predicted molar refractivity (Wildman–Crippen MR) is 75.0 cm³/mol. The minimum absolute atomic E-state index is 0.0740. The van der Waals surface area contributed by atoms with E-state index in [2.05, 4.69) is 10.6 Å². The van der Waals surface area contributed by atoms with Crippen molar-refractivity contribution in [3.8, 4) is 0 Å². The summed E-state index contributed by atoms with van der Waals surface area (Å²) in [6.45, 7) is 0.176. The fourth-order valence-electron chi connectivity index (χ4n) is 3.05. The Balaban J connectivity index is 2.16. The maximum atomic E-state index is 14.1. The van der Waals surface area contributed by atoms with Crippen LogP contribution in [-0.4, -0.2) is 30.8 Å². The summed E-state index contributed by atoms with van der Waals surface area (Å²) in [4.78, 5) is 11.6. The molecule has 0 spiro atoms. The van der Waals surface area contributed by atoms with Gasteiger partial charge >= 0.3 is 6.03 Å². The summed E-state index contributed by atoms with van der Waals surface area (Å²) in [5, 5.41) is 13.8. The smallest absolute Gasteiger partial charge is 0.314 e. The van der Waals surface area contributed by atoms with Crippen LogP contribution in [-0.2, 0) is 5.41 Å². The molecule has 21 heavy (non-hydrogen) atoms. The zero-order valence-electron chi connectivity index (χ0n) is 11.8. The molecule has 3 N–H and O–H groups in total. The van der Waals surface area contributed by atoms with E-state index in [1.807, 2.05) is 0 Å². The summed E-state index contributed by atoms with van der Waals surface area (Å²) in [5.41, 5.74) is -0.614. The molecule has 2 rings (SSSR count). The van der Waals surface area contributed by atoms with Gasteiger partial charge < -0.3 is 15.7 Å². The highest BCUT2D eigenvalue weighted by molar-refractivity contribution is 5.74. The van der Waals surface area contributed by atoms with E-state index >= 15 is 0 Å². The highest BCUT2D eigenvalue weighted by atomic mass is 19.1. The lowest BCUT2D eigenvalue weighted by Crippen LogP contribution is -2.45. The first kappa shape index (κ1) is 15.7. The number of amides is 2. The minimum Gasteiger partial charge on any atom is -0.395 e. The van der Waals surface area contributed by atoms with E-state index in [1.54, 1.807) is 0 Å². The van der Waals surface area contributed by atoms with Crippen molar-refractivity contribution in [1.29, 1.82) is 0 Å². The molecule has 1 aliphatic carbocycles. The summed E-state index contributed by atoms with van der Waals surface area (Å²) in [5.74, 6) is -1.12. The molecule has 6 heteroatoms. The van der Waals surface area contributed by atoms with Crippen LogP contribution in [0.15, 0.2) is 18.2 Å². The van der Waals surface area contributed by atoms with Crippen LogP contribution in [0, 0.1) is 11.6 Å². The number of rotatable bonds is 5. The van der Waals surface area contributed by atoms with Crippen LogP contribution in [0.4, 0.5) is 13.6 Å². The number of hydrogen-bond acceptors (Lipinski definition) is 2. The lowest BCUT2D eigenvalue weighted by atomic mass is 9.78. The molecule has 2 amide bonds. The monoisotopic (exact) mass is 298 g/mol. The maximum absolute atomic E-state index is 14.1. The van der Waals surface area contributed by atoms with Crippen molar-refractivity contribution in [2.75, 3.05) is 19.7 Å². The van der Waals surface area contributed by atoms with Gasteiger partial charge in [0.15, 0.2) is 0 Å². The summed E-state index contributed by atoms with van der Waals surface area (Å²) in [6, 6.07) is 3.42.